The Morgan fingerprint density at radius 1 is 1.65 bits per heavy atom. The Kier molecular flexibility index (Phi) is 5.58. The second kappa shape index (κ2) is 6.71. The number of amides is 1. The molecule has 0 N–H and O–H groups in total. The zero-order chi connectivity index (χ0) is 12.8. The molecule has 0 aliphatic carbocycles. The Hall–Kier alpha value is -0.940. The highest BCUT2D eigenvalue weighted by Gasteiger charge is 2.14. The standard InChI is InChI=1S/C12H17BrN2O2/c1-4-9(2)17-15(3)11(16)8-10-6-5-7-14-12(10)13/h5-7,9H,4,8H2,1-3H3. The number of carbonyl (C=O) groups is 1. The van der Waals surface area contributed by atoms with Gasteiger partial charge in [0.2, 0.25) is 5.91 Å². The van der Waals surface area contributed by atoms with Crippen molar-refractivity contribution in [2.45, 2.75) is 32.8 Å². The number of carbonyl (C=O) groups excluding carboxylic acids is 1. The number of hydrogen-bond donors (Lipinski definition) is 0. The second-order valence-electron chi connectivity index (χ2n) is 3.85. The van der Waals surface area contributed by atoms with Gasteiger partial charge in [0, 0.05) is 13.2 Å². The van der Waals surface area contributed by atoms with Crippen LogP contribution in [0.1, 0.15) is 25.8 Å². The fourth-order valence-electron chi connectivity index (χ4n) is 1.23. The Morgan fingerprint density at radius 3 is 2.94 bits per heavy atom. The molecule has 0 fully saturated rings. The zero-order valence-corrected chi connectivity index (χ0v) is 11.9. The van der Waals surface area contributed by atoms with Crippen molar-refractivity contribution in [1.82, 2.24) is 10.0 Å². The fourth-order valence-corrected chi connectivity index (χ4v) is 1.62. The van der Waals surface area contributed by atoms with Crippen LogP contribution in [0.4, 0.5) is 0 Å². The highest BCUT2D eigenvalue weighted by molar-refractivity contribution is 9.10. The molecule has 0 saturated carbocycles. The Labute approximate surface area is 110 Å². The van der Waals surface area contributed by atoms with Crippen molar-refractivity contribution < 1.29 is 9.63 Å². The summed E-state index contributed by atoms with van der Waals surface area (Å²) in [6, 6.07) is 3.68. The van der Waals surface area contributed by atoms with E-state index in [2.05, 4.69) is 20.9 Å². The summed E-state index contributed by atoms with van der Waals surface area (Å²) in [4.78, 5) is 21.4. The first-order valence-corrected chi connectivity index (χ1v) is 6.36. The van der Waals surface area contributed by atoms with Crippen molar-refractivity contribution in [2.24, 2.45) is 0 Å². The first-order chi connectivity index (χ1) is 8.04. The zero-order valence-electron chi connectivity index (χ0n) is 10.3. The first kappa shape index (κ1) is 14.1. The van der Waals surface area contributed by atoms with Gasteiger partial charge in [0.15, 0.2) is 0 Å². The molecule has 1 amide bonds. The molecule has 1 atom stereocenters. The molecule has 1 unspecified atom stereocenters. The van der Waals surface area contributed by atoms with Gasteiger partial charge in [-0.25, -0.2) is 10.0 Å². The monoisotopic (exact) mass is 300 g/mol. The maximum atomic E-state index is 11.9. The number of hydroxylamine groups is 2. The lowest BCUT2D eigenvalue weighted by molar-refractivity contribution is -0.193. The molecule has 4 nitrogen and oxygen atoms in total. The number of aromatic nitrogens is 1. The van der Waals surface area contributed by atoms with Crippen molar-refractivity contribution in [2.75, 3.05) is 7.05 Å². The van der Waals surface area contributed by atoms with Crippen molar-refractivity contribution in [3.05, 3.63) is 28.5 Å². The van der Waals surface area contributed by atoms with Crippen LogP contribution in [0.5, 0.6) is 0 Å². The van der Waals surface area contributed by atoms with Crippen LogP contribution in [-0.4, -0.2) is 29.1 Å². The van der Waals surface area contributed by atoms with E-state index in [1.807, 2.05) is 26.0 Å². The summed E-state index contributed by atoms with van der Waals surface area (Å²) < 4.78 is 0.699. The van der Waals surface area contributed by atoms with Gasteiger partial charge in [-0.2, -0.15) is 0 Å². The molecule has 0 bridgehead atoms. The average Bonchev–Trinajstić information content (AvgIpc) is 2.31. The molecule has 0 radical (unpaired) electrons. The third-order valence-corrected chi connectivity index (χ3v) is 3.16. The van der Waals surface area contributed by atoms with Crippen LogP contribution in [0.25, 0.3) is 0 Å². The molecule has 1 aromatic heterocycles. The lowest BCUT2D eigenvalue weighted by Gasteiger charge is -2.20. The predicted molar refractivity (Wildman–Crippen MR) is 69.2 cm³/mol. The van der Waals surface area contributed by atoms with Crippen LogP contribution in [0.3, 0.4) is 0 Å². The van der Waals surface area contributed by atoms with Crippen molar-refractivity contribution >= 4 is 21.8 Å². The SMILES string of the molecule is CCC(C)ON(C)C(=O)Cc1cccnc1Br. The summed E-state index contributed by atoms with van der Waals surface area (Å²) in [5, 5.41) is 1.30. The summed E-state index contributed by atoms with van der Waals surface area (Å²) in [6.07, 6.45) is 2.87. The maximum Gasteiger partial charge on any atom is 0.250 e. The van der Waals surface area contributed by atoms with Gasteiger partial charge in [0.05, 0.1) is 12.5 Å². The summed E-state index contributed by atoms with van der Waals surface area (Å²) in [7, 11) is 1.64. The fraction of sp³-hybridized carbons (Fsp3) is 0.500. The Balaban J connectivity index is 2.57. The Bertz CT molecular complexity index is 385. The first-order valence-electron chi connectivity index (χ1n) is 5.57. The minimum absolute atomic E-state index is 0.0429. The van der Waals surface area contributed by atoms with E-state index in [4.69, 9.17) is 4.84 Å². The normalized spacial score (nSPS) is 12.2. The van der Waals surface area contributed by atoms with Gasteiger partial charge in [0.1, 0.15) is 4.60 Å². The molecule has 5 heteroatoms. The van der Waals surface area contributed by atoms with E-state index in [1.165, 1.54) is 5.06 Å². The number of nitrogens with zero attached hydrogens (tertiary/aromatic N) is 2. The van der Waals surface area contributed by atoms with Crippen molar-refractivity contribution in [3.8, 4) is 0 Å². The smallest absolute Gasteiger partial charge is 0.250 e. The largest absolute Gasteiger partial charge is 0.272 e. The summed E-state index contributed by atoms with van der Waals surface area (Å²) in [6.45, 7) is 3.95. The molecule has 17 heavy (non-hydrogen) atoms. The molecular weight excluding hydrogens is 284 g/mol. The van der Waals surface area contributed by atoms with E-state index < -0.39 is 0 Å². The minimum Gasteiger partial charge on any atom is -0.272 e. The molecule has 1 aromatic rings. The van der Waals surface area contributed by atoms with Gasteiger partial charge in [0.25, 0.3) is 0 Å². The molecule has 0 aliphatic rings. The predicted octanol–water partition coefficient (Wildman–Crippen LogP) is 2.58. The van der Waals surface area contributed by atoms with Crippen LogP contribution in [0.2, 0.25) is 0 Å². The van der Waals surface area contributed by atoms with Crippen LogP contribution in [0.15, 0.2) is 22.9 Å². The van der Waals surface area contributed by atoms with E-state index in [0.717, 1.165) is 12.0 Å². The van der Waals surface area contributed by atoms with Crippen LogP contribution in [-0.2, 0) is 16.1 Å². The molecule has 0 aromatic carbocycles. The van der Waals surface area contributed by atoms with Crippen LogP contribution < -0.4 is 0 Å². The van der Waals surface area contributed by atoms with E-state index in [1.54, 1.807) is 13.2 Å². The van der Waals surface area contributed by atoms with Gasteiger partial charge >= 0.3 is 0 Å². The van der Waals surface area contributed by atoms with Crippen molar-refractivity contribution in [3.63, 3.8) is 0 Å². The lowest BCUT2D eigenvalue weighted by atomic mass is 10.2. The molecule has 0 saturated heterocycles. The minimum atomic E-state index is -0.0843. The number of rotatable bonds is 5. The van der Waals surface area contributed by atoms with Gasteiger partial charge in [-0.15, -0.1) is 0 Å². The molecule has 1 rings (SSSR count). The molecule has 0 aliphatic heterocycles. The number of likely N-dealkylation sites (N-methyl/N-ethyl adjacent to an activating group) is 1. The van der Waals surface area contributed by atoms with Gasteiger partial charge < -0.3 is 0 Å². The van der Waals surface area contributed by atoms with E-state index in [0.29, 0.717) is 4.60 Å². The molecular formula is C12H17BrN2O2. The maximum absolute atomic E-state index is 11.9. The summed E-state index contributed by atoms with van der Waals surface area (Å²) in [5.41, 5.74) is 0.858. The van der Waals surface area contributed by atoms with Crippen molar-refractivity contribution in [1.29, 1.82) is 0 Å². The third kappa shape index (κ3) is 4.44. The molecule has 1 heterocycles. The topological polar surface area (TPSA) is 42.4 Å². The third-order valence-electron chi connectivity index (χ3n) is 2.44. The van der Waals surface area contributed by atoms with E-state index >= 15 is 0 Å². The number of hydrogen-bond acceptors (Lipinski definition) is 3. The summed E-state index contributed by atoms with van der Waals surface area (Å²) in [5.74, 6) is -0.0843. The number of halogens is 1. The highest BCUT2D eigenvalue weighted by atomic mass is 79.9. The Morgan fingerprint density at radius 2 is 2.35 bits per heavy atom. The molecule has 94 valence electrons. The van der Waals surface area contributed by atoms with E-state index in [-0.39, 0.29) is 18.4 Å². The van der Waals surface area contributed by atoms with Gasteiger partial charge in [-0.05, 0) is 40.9 Å². The van der Waals surface area contributed by atoms with Gasteiger partial charge in [-0.1, -0.05) is 13.0 Å². The van der Waals surface area contributed by atoms with E-state index in [9.17, 15) is 4.79 Å². The second-order valence-corrected chi connectivity index (χ2v) is 4.60. The summed E-state index contributed by atoms with van der Waals surface area (Å²) >= 11 is 3.32. The van der Waals surface area contributed by atoms with Crippen LogP contribution in [0, 0.1) is 0 Å². The lowest BCUT2D eigenvalue weighted by Crippen LogP contribution is -2.31. The number of pyridine rings is 1. The quantitative estimate of drug-likeness (QED) is 0.620. The van der Waals surface area contributed by atoms with Gasteiger partial charge in [-0.3, -0.25) is 9.63 Å². The highest BCUT2D eigenvalue weighted by Crippen LogP contribution is 2.14. The molecule has 0 spiro atoms. The average molecular weight is 301 g/mol. The van der Waals surface area contributed by atoms with Crippen LogP contribution >= 0.6 is 15.9 Å².